The monoisotopic (exact) mass is 385 g/mol. The van der Waals surface area contributed by atoms with Crippen molar-refractivity contribution in [1.82, 2.24) is 25.0 Å². The Labute approximate surface area is 168 Å². The lowest BCUT2D eigenvalue weighted by Gasteiger charge is -2.57. The number of rotatable bonds is 4. The van der Waals surface area contributed by atoms with Gasteiger partial charge < -0.3 is 4.90 Å². The predicted molar refractivity (Wildman–Crippen MR) is 107 cm³/mol. The standard InChI is InChI=1S/C22H35N5O/c1-15-23-21(25-24-15)14-26-12-17-11-18(13-26)20(10-16-6-3-2-4-7-16)27-19(17)8-5-9-22(27)28/h16-20H,2-14H2,1H3,(H,23,24,25)/t17-,18+,19+,20+/m1/s1. The maximum Gasteiger partial charge on any atom is 0.223 e. The van der Waals surface area contributed by atoms with Crippen molar-refractivity contribution in [2.75, 3.05) is 13.1 Å². The fourth-order valence-corrected chi connectivity index (χ4v) is 6.73. The van der Waals surface area contributed by atoms with Gasteiger partial charge in [-0.25, -0.2) is 4.98 Å². The molecule has 1 amide bonds. The van der Waals surface area contributed by atoms with Crippen molar-refractivity contribution < 1.29 is 4.79 Å². The molecule has 5 rings (SSSR count). The molecule has 4 heterocycles. The van der Waals surface area contributed by atoms with Gasteiger partial charge in [-0.3, -0.25) is 14.8 Å². The zero-order valence-electron chi connectivity index (χ0n) is 17.3. The first-order valence-electron chi connectivity index (χ1n) is 11.6. The normalized spacial score (nSPS) is 34.5. The summed E-state index contributed by atoms with van der Waals surface area (Å²) in [7, 11) is 0. The van der Waals surface area contributed by atoms with Crippen molar-refractivity contribution in [1.29, 1.82) is 0 Å². The summed E-state index contributed by atoms with van der Waals surface area (Å²) < 4.78 is 0. The van der Waals surface area contributed by atoms with Crippen molar-refractivity contribution in [2.45, 2.75) is 89.8 Å². The van der Waals surface area contributed by atoms with E-state index in [1.54, 1.807) is 0 Å². The number of carbonyl (C=O) groups excluding carboxylic acids is 1. The van der Waals surface area contributed by atoms with Crippen LogP contribution < -0.4 is 0 Å². The van der Waals surface area contributed by atoms with Crippen molar-refractivity contribution in [3.8, 4) is 0 Å². The lowest BCUT2D eigenvalue weighted by Crippen LogP contribution is -2.65. The average molecular weight is 386 g/mol. The summed E-state index contributed by atoms with van der Waals surface area (Å²) in [5, 5.41) is 7.35. The van der Waals surface area contributed by atoms with Crippen molar-refractivity contribution in [2.24, 2.45) is 17.8 Å². The Morgan fingerprint density at radius 1 is 1.07 bits per heavy atom. The Morgan fingerprint density at radius 3 is 2.68 bits per heavy atom. The third-order valence-electron chi connectivity index (χ3n) is 7.88. The molecule has 28 heavy (non-hydrogen) atoms. The molecule has 4 aliphatic rings. The third kappa shape index (κ3) is 3.60. The molecular formula is C22H35N5O. The Balaban J connectivity index is 1.35. The van der Waals surface area contributed by atoms with Crippen LogP contribution in [0.15, 0.2) is 0 Å². The molecule has 2 bridgehead atoms. The molecule has 0 radical (unpaired) electrons. The number of aromatic nitrogens is 3. The van der Waals surface area contributed by atoms with Crippen molar-refractivity contribution in [3.63, 3.8) is 0 Å². The second-order valence-electron chi connectivity index (χ2n) is 9.85. The summed E-state index contributed by atoms with van der Waals surface area (Å²) in [6.07, 6.45) is 12.5. The van der Waals surface area contributed by atoms with Gasteiger partial charge in [0.25, 0.3) is 0 Å². The van der Waals surface area contributed by atoms with Crippen LogP contribution in [0.4, 0.5) is 0 Å². The highest BCUT2D eigenvalue weighted by Gasteiger charge is 2.49. The Bertz CT molecular complexity index is 697. The molecule has 4 fully saturated rings. The van der Waals surface area contributed by atoms with Crippen LogP contribution in [0.25, 0.3) is 0 Å². The molecule has 1 N–H and O–H groups in total. The lowest BCUT2D eigenvalue weighted by atomic mass is 9.69. The predicted octanol–water partition coefficient (Wildman–Crippen LogP) is 3.28. The number of piperidine rings is 3. The summed E-state index contributed by atoms with van der Waals surface area (Å²) >= 11 is 0. The minimum atomic E-state index is 0.449. The van der Waals surface area contributed by atoms with Gasteiger partial charge in [0.1, 0.15) is 5.82 Å². The number of fused-ring (bicyclic) bond motifs is 4. The molecule has 0 aromatic carbocycles. The van der Waals surface area contributed by atoms with Gasteiger partial charge in [-0.1, -0.05) is 32.1 Å². The molecule has 1 aromatic rings. The number of nitrogens with zero attached hydrogens (tertiary/aromatic N) is 4. The van der Waals surface area contributed by atoms with E-state index in [0.29, 0.717) is 29.8 Å². The first-order valence-corrected chi connectivity index (χ1v) is 11.6. The van der Waals surface area contributed by atoms with Gasteiger partial charge >= 0.3 is 0 Å². The van der Waals surface area contributed by atoms with E-state index in [-0.39, 0.29) is 0 Å². The number of hydrogen-bond acceptors (Lipinski definition) is 4. The van der Waals surface area contributed by atoms with Crippen LogP contribution in [-0.4, -0.2) is 56.1 Å². The van der Waals surface area contributed by atoms with E-state index in [1.165, 1.54) is 51.4 Å². The Kier molecular flexibility index (Phi) is 5.16. The Morgan fingerprint density at radius 2 is 1.89 bits per heavy atom. The second-order valence-corrected chi connectivity index (χ2v) is 9.85. The highest BCUT2D eigenvalue weighted by molar-refractivity contribution is 5.78. The van der Waals surface area contributed by atoms with Gasteiger partial charge in [0.2, 0.25) is 5.91 Å². The van der Waals surface area contributed by atoms with Crippen LogP contribution in [0.5, 0.6) is 0 Å². The number of nitrogens with one attached hydrogen (secondary N) is 1. The van der Waals surface area contributed by atoms with E-state index in [1.807, 2.05) is 6.92 Å². The fraction of sp³-hybridized carbons (Fsp3) is 0.864. The summed E-state index contributed by atoms with van der Waals surface area (Å²) in [6, 6.07) is 0.941. The molecule has 0 spiro atoms. The molecule has 154 valence electrons. The van der Waals surface area contributed by atoms with E-state index in [0.717, 1.165) is 50.0 Å². The van der Waals surface area contributed by atoms with Crippen LogP contribution >= 0.6 is 0 Å². The number of aryl methyl sites for hydroxylation is 1. The van der Waals surface area contributed by atoms with Crippen LogP contribution in [0.2, 0.25) is 0 Å². The lowest BCUT2D eigenvalue weighted by molar-refractivity contribution is -0.154. The van der Waals surface area contributed by atoms with Crippen LogP contribution in [0.1, 0.15) is 75.9 Å². The molecule has 1 saturated carbocycles. The zero-order chi connectivity index (χ0) is 19.1. The molecule has 3 saturated heterocycles. The molecule has 0 unspecified atom stereocenters. The molecular weight excluding hydrogens is 350 g/mol. The van der Waals surface area contributed by atoms with Gasteiger partial charge in [0.15, 0.2) is 5.82 Å². The number of H-pyrrole nitrogens is 1. The minimum Gasteiger partial charge on any atom is -0.336 e. The van der Waals surface area contributed by atoms with Gasteiger partial charge in [-0.2, -0.15) is 5.10 Å². The van der Waals surface area contributed by atoms with Crippen molar-refractivity contribution in [3.05, 3.63) is 11.6 Å². The molecule has 3 aliphatic heterocycles. The van der Waals surface area contributed by atoms with Crippen LogP contribution in [0, 0.1) is 24.7 Å². The van der Waals surface area contributed by atoms with Gasteiger partial charge in [0.05, 0.1) is 6.54 Å². The van der Waals surface area contributed by atoms with Crippen LogP contribution in [0.3, 0.4) is 0 Å². The Hall–Kier alpha value is -1.43. The number of hydrogen-bond donors (Lipinski definition) is 1. The number of carbonyl (C=O) groups is 1. The van der Waals surface area contributed by atoms with Gasteiger partial charge in [0, 0.05) is 31.6 Å². The van der Waals surface area contributed by atoms with E-state index in [9.17, 15) is 4.79 Å². The van der Waals surface area contributed by atoms with Gasteiger partial charge in [-0.15, -0.1) is 0 Å². The summed E-state index contributed by atoms with van der Waals surface area (Å²) in [4.78, 5) is 22.5. The average Bonchev–Trinajstić information content (AvgIpc) is 3.11. The smallest absolute Gasteiger partial charge is 0.223 e. The summed E-state index contributed by atoms with van der Waals surface area (Å²) in [5.74, 6) is 4.34. The first kappa shape index (κ1) is 18.6. The second kappa shape index (κ2) is 7.77. The first-order chi connectivity index (χ1) is 13.7. The van der Waals surface area contributed by atoms with Crippen molar-refractivity contribution >= 4 is 5.91 Å². The summed E-state index contributed by atoms with van der Waals surface area (Å²) in [6.45, 7) is 4.99. The zero-order valence-corrected chi connectivity index (χ0v) is 17.3. The maximum absolute atomic E-state index is 13.0. The topological polar surface area (TPSA) is 65.1 Å². The molecule has 6 heteroatoms. The highest BCUT2D eigenvalue weighted by Crippen LogP contribution is 2.44. The minimum absolute atomic E-state index is 0.449. The van der Waals surface area contributed by atoms with E-state index in [4.69, 9.17) is 0 Å². The fourth-order valence-electron chi connectivity index (χ4n) is 6.73. The largest absolute Gasteiger partial charge is 0.336 e. The number of likely N-dealkylation sites (tertiary alicyclic amines) is 1. The third-order valence-corrected chi connectivity index (χ3v) is 7.88. The van der Waals surface area contributed by atoms with Gasteiger partial charge in [-0.05, 0) is 50.4 Å². The molecule has 1 aromatic heterocycles. The summed E-state index contributed by atoms with van der Waals surface area (Å²) in [5.41, 5.74) is 0. The molecule has 4 atom stereocenters. The quantitative estimate of drug-likeness (QED) is 0.864. The van der Waals surface area contributed by atoms with E-state index >= 15 is 0 Å². The van der Waals surface area contributed by atoms with Crippen LogP contribution in [-0.2, 0) is 11.3 Å². The number of amides is 1. The molecule has 6 nitrogen and oxygen atoms in total. The highest BCUT2D eigenvalue weighted by atomic mass is 16.2. The molecule has 1 aliphatic carbocycles. The number of aromatic amines is 1. The van der Waals surface area contributed by atoms with E-state index in [2.05, 4.69) is 25.0 Å². The SMILES string of the molecule is Cc1nc(CN2C[C@H]3C[C@@H](C2)[C@H](CC2CCCCC2)N2C(=O)CCC[C@@H]32)n[nH]1. The maximum atomic E-state index is 13.0. The van der Waals surface area contributed by atoms with E-state index < -0.39 is 0 Å².